The van der Waals surface area contributed by atoms with Crippen LogP contribution < -0.4 is 5.32 Å². The third-order valence-corrected chi connectivity index (χ3v) is 3.99. The molecule has 1 N–H and O–H groups in total. The Balaban J connectivity index is 2.60. The molecule has 1 aromatic carbocycles. The summed E-state index contributed by atoms with van der Waals surface area (Å²) in [4.78, 5) is 12.3. The highest BCUT2D eigenvalue weighted by molar-refractivity contribution is 9.10. The number of hydrogen-bond acceptors (Lipinski definition) is 4. The van der Waals surface area contributed by atoms with Crippen LogP contribution >= 0.6 is 27.7 Å². The minimum Gasteiger partial charge on any atom is -0.469 e. The van der Waals surface area contributed by atoms with Gasteiger partial charge in [0, 0.05) is 21.7 Å². The van der Waals surface area contributed by atoms with Gasteiger partial charge in [0.25, 0.3) is 0 Å². The summed E-state index contributed by atoms with van der Waals surface area (Å²) in [6.45, 7) is 3.87. The van der Waals surface area contributed by atoms with Crippen LogP contribution in [0.2, 0.25) is 0 Å². The molecule has 0 aliphatic rings. The second kappa shape index (κ2) is 8.56. The van der Waals surface area contributed by atoms with Crippen molar-refractivity contribution >= 4 is 33.7 Å². The van der Waals surface area contributed by atoms with Gasteiger partial charge in [0.05, 0.1) is 13.5 Å². The largest absolute Gasteiger partial charge is 0.469 e. The Labute approximate surface area is 121 Å². The summed E-state index contributed by atoms with van der Waals surface area (Å²) < 4.78 is 5.71. The van der Waals surface area contributed by atoms with Crippen molar-refractivity contribution in [2.75, 3.05) is 19.4 Å². The first-order valence-corrected chi connectivity index (χ1v) is 7.64. The molecule has 3 nitrogen and oxygen atoms in total. The summed E-state index contributed by atoms with van der Waals surface area (Å²) in [6.07, 6.45) is 0.442. The highest BCUT2D eigenvalue weighted by atomic mass is 79.9. The minimum absolute atomic E-state index is 0.159. The van der Waals surface area contributed by atoms with Crippen LogP contribution in [0.5, 0.6) is 0 Å². The molecule has 0 aliphatic carbocycles. The smallest absolute Gasteiger partial charge is 0.306 e. The van der Waals surface area contributed by atoms with E-state index >= 15 is 0 Å². The summed E-state index contributed by atoms with van der Waals surface area (Å²) >= 11 is 5.17. The minimum atomic E-state index is -0.159. The van der Waals surface area contributed by atoms with Crippen molar-refractivity contribution in [2.45, 2.75) is 24.8 Å². The van der Waals surface area contributed by atoms with Gasteiger partial charge in [0.1, 0.15) is 0 Å². The number of rotatable bonds is 7. The zero-order valence-corrected chi connectivity index (χ0v) is 13.1. The van der Waals surface area contributed by atoms with E-state index in [1.165, 1.54) is 17.6 Å². The molecule has 5 heteroatoms. The summed E-state index contributed by atoms with van der Waals surface area (Å²) in [5.74, 6) is 0.584. The first-order valence-electron chi connectivity index (χ1n) is 5.86. The molecular formula is C13H18BrNO2S. The number of ether oxygens (including phenoxy) is 1. The summed E-state index contributed by atoms with van der Waals surface area (Å²) in [7, 11) is 1.42. The molecule has 0 atom stereocenters. The number of benzene rings is 1. The van der Waals surface area contributed by atoms with E-state index in [2.05, 4.69) is 45.0 Å². The first-order chi connectivity index (χ1) is 8.67. The molecule has 0 amide bonds. The van der Waals surface area contributed by atoms with Gasteiger partial charge >= 0.3 is 5.97 Å². The molecule has 1 rings (SSSR count). The number of nitrogens with one attached hydrogen (secondary N) is 1. The van der Waals surface area contributed by atoms with Gasteiger partial charge in [-0.15, -0.1) is 11.8 Å². The monoisotopic (exact) mass is 331 g/mol. The Bertz CT molecular complexity index is 399. The summed E-state index contributed by atoms with van der Waals surface area (Å²) in [5, 5.41) is 3.32. The normalized spacial score (nSPS) is 10.4. The van der Waals surface area contributed by atoms with E-state index in [9.17, 15) is 4.79 Å². The lowest BCUT2D eigenvalue weighted by atomic mass is 10.2. The Morgan fingerprint density at radius 3 is 2.94 bits per heavy atom. The molecule has 0 saturated heterocycles. The van der Waals surface area contributed by atoms with E-state index in [1.807, 2.05) is 6.07 Å². The molecule has 0 bridgehead atoms. The Hall–Kier alpha value is -0.520. The van der Waals surface area contributed by atoms with Crippen LogP contribution in [0.15, 0.2) is 27.6 Å². The lowest BCUT2D eigenvalue weighted by Gasteiger charge is -2.10. The number of thioether (sulfide) groups is 1. The van der Waals surface area contributed by atoms with Crippen molar-refractivity contribution < 1.29 is 9.53 Å². The van der Waals surface area contributed by atoms with Crippen LogP contribution in [0.25, 0.3) is 0 Å². The van der Waals surface area contributed by atoms with Gasteiger partial charge in [-0.1, -0.05) is 22.9 Å². The number of halogens is 1. The number of carbonyl (C=O) groups is 1. The average Bonchev–Trinajstić information content (AvgIpc) is 2.38. The van der Waals surface area contributed by atoms with Crippen molar-refractivity contribution in [3.63, 3.8) is 0 Å². The molecule has 0 aromatic heterocycles. The van der Waals surface area contributed by atoms with Crippen LogP contribution in [-0.4, -0.2) is 25.4 Å². The fraction of sp³-hybridized carbons (Fsp3) is 0.462. The molecule has 18 heavy (non-hydrogen) atoms. The topological polar surface area (TPSA) is 38.3 Å². The van der Waals surface area contributed by atoms with Crippen LogP contribution in [-0.2, 0) is 16.1 Å². The van der Waals surface area contributed by atoms with E-state index in [-0.39, 0.29) is 5.97 Å². The highest BCUT2D eigenvalue weighted by Crippen LogP contribution is 2.26. The molecule has 0 fully saturated rings. The Morgan fingerprint density at radius 1 is 1.50 bits per heavy atom. The van der Waals surface area contributed by atoms with Crippen molar-refractivity contribution in [1.82, 2.24) is 5.32 Å². The lowest BCUT2D eigenvalue weighted by molar-refractivity contribution is -0.140. The van der Waals surface area contributed by atoms with Crippen molar-refractivity contribution in [3.8, 4) is 0 Å². The quantitative estimate of drug-likeness (QED) is 0.615. The second-order valence-electron chi connectivity index (χ2n) is 3.71. The van der Waals surface area contributed by atoms with Gasteiger partial charge in [-0.3, -0.25) is 4.79 Å². The molecule has 0 unspecified atom stereocenters. The first kappa shape index (κ1) is 15.5. The van der Waals surface area contributed by atoms with Crippen molar-refractivity contribution in [1.29, 1.82) is 0 Å². The maximum atomic E-state index is 11.1. The van der Waals surface area contributed by atoms with E-state index in [4.69, 9.17) is 0 Å². The standard InChI is InChI=1S/C13H18BrNO2S/c1-3-15-9-10-8-11(14)4-5-12(10)18-7-6-13(16)17-2/h4-5,8,15H,3,6-7,9H2,1-2H3. The Kier molecular flexibility index (Phi) is 7.39. The van der Waals surface area contributed by atoms with Gasteiger partial charge < -0.3 is 10.1 Å². The van der Waals surface area contributed by atoms with Crippen LogP contribution in [0, 0.1) is 0 Å². The van der Waals surface area contributed by atoms with Gasteiger partial charge in [-0.05, 0) is 30.3 Å². The molecular weight excluding hydrogens is 314 g/mol. The maximum absolute atomic E-state index is 11.1. The van der Waals surface area contributed by atoms with E-state index < -0.39 is 0 Å². The molecule has 1 aromatic rings. The van der Waals surface area contributed by atoms with Crippen molar-refractivity contribution in [2.24, 2.45) is 0 Å². The summed E-state index contributed by atoms with van der Waals surface area (Å²) in [5.41, 5.74) is 1.25. The number of esters is 1. The van der Waals surface area contributed by atoms with Crippen LogP contribution in [0.4, 0.5) is 0 Å². The maximum Gasteiger partial charge on any atom is 0.306 e. The lowest BCUT2D eigenvalue weighted by Crippen LogP contribution is -2.12. The average molecular weight is 332 g/mol. The molecule has 100 valence electrons. The molecule has 0 radical (unpaired) electrons. The van der Waals surface area contributed by atoms with E-state index in [0.29, 0.717) is 6.42 Å². The molecule has 0 saturated carbocycles. The zero-order chi connectivity index (χ0) is 13.4. The van der Waals surface area contributed by atoms with Gasteiger partial charge in [-0.2, -0.15) is 0 Å². The van der Waals surface area contributed by atoms with E-state index in [1.54, 1.807) is 11.8 Å². The fourth-order valence-corrected chi connectivity index (χ4v) is 2.81. The number of hydrogen-bond donors (Lipinski definition) is 1. The third-order valence-electron chi connectivity index (χ3n) is 2.38. The Morgan fingerprint density at radius 2 is 2.28 bits per heavy atom. The second-order valence-corrected chi connectivity index (χ2v) is 5.76. The van der Waals surface area contributed by atoms with Gasteiger partial charge in [0.2, 0.25) is 0 Å². The third kappa shape index (κ3) is 5.42. The fourth-order valence-electron chi connectivity index (χ4n) is 1.43. The number of methoxy groups -OCH3 is 1. The SMILES string of the molecule is CCNCc1cc(Br)ccc1SCCC(=O)OC. The van der Waals surface area contributed by atoms with E-state index in [0.717, 1.165) is 23.3 Å². The predicted molar refractivity (Wildman–Crippen MR) is 78.9 cm³/mol. The predicted octanol–water partition coefficient (Wildman–Crippen LogP) is 3.21. The van der Waals surface area contributed by atoms with Crippen molar-refractivity contribution in [3.05, 3.63) is 28.2 Å². The molecule has 0 heterocycles. The summed E-state index contributed by atoms with van der Waals surface area (Å²) in [6, 6.07) is 6.22. The molecule has 0 spiro atoms. The molecule has 0 aliphatic heterocycles. The van der Waals surface area contributed by atoms with Gasteiger partial charge in [0.15, 0.2) is 0 Å². The van der Waals surface area contributed by atoms with Crippen LogP contribution in [0.3, 0.4) is 0 Å². The highest BCUT2D eigenvalue weighted by Gasteiger charge is 2.06. The van der Waals surface area contributed by atoms with Gasteiger partial charge in [-0.25, -0.2) is 0 Å². The number of carbonyl (C=O) groups excluding carboxylic acids is 1. The van der Waals surface area contributed by atoms with Crippen LogP contribution in [0.1, 0.15) is 18.9 Å². The zero-order valence-electron chi connectivity index (χ0n) is 10.7.